The van der Waals surface area contributed by atoms with Gasteiger partial charge in [-0.1, -0.05) is 176 Å². The van der Waals surface area contributed by atoms with Crippen LogP contribution in [0.4, 0.5) is 17.1 Å². The van der Waals surface area contributed by atoms with Crippen LogP contribution >= 0.6 is 0 Å². The summed E-state index contributed by atoms with van der Waals surface area (Å²) in [4.78, 5) is 2.62. The van der Waals surface area contributed by atoms with E-state index in [-0.39, 0.29) is 5.41 Å². The van der Waals surface area contributed by atoms with E-state index in [2.05, 4.69) is 240 Å². The first-order valence-electron chi connectivity index (χ1n) is 24.6. The first kappa shape index (κ1) is 39.0. The molecule has 1 aliphatic heterocycles. The second-order valence-corrected chi connectivity index (χ2v) is 23.9. The summed E-state index contributed by atoms with van der Waals surface area (Å²) in [5.74, 6) is 3.21. The van der Waals surface area contributed by atoms with Gasteiger partial charge in [0.15, 0.2) is 8.07 Å². The topological polar surface area (TPSA) is 8.17 Å². The Kier molecular flexibility index (Phi) is 8.83. The van der Waals surface area contributed by atoms with Crippen molar-refractivity contribution in [2.45, 2.75) is 37.5 Å². The molecule has 5 aliphatic rings. The highest BCUT2D eigenvalue weighted by atomic mass is 28.3. The third kappa shape index (κ3) is 5.68. The van der Waals surface area contributed by atoms with Crippen molar-refractivity contribution in [3.05, 3.63) is 242 Å². The van der Waals surface area contributed by atoms with Crippen molar-refractivity contribution in [1.82, 2.24) is 4.57 Å². The largest absolute Gasteiger partial charge is 0.310 e. The average molecular weight is 877 g/mol. The van der Waals surface area contributed by atoms with Crippen molar-refractivity contribution >= 4 is 67.7 Å². The quantitative estimate of drug-likeness (QED) is 0.114. The summed E-state index contributed by atoms with van der Waals surface area (Å²) in [6.07, 6.45) is 6.95. The van der Waals surface area contributed by atoms with Crippen LogP contribution in [-0.2, 0) is 5.41 Å². The number of aromatic nitrogens is 1. The molecule has 67 heavy (non-hydrogen) atoms. The SMILES string of the molecule is c1ccc(-c2ccc3c(c2)c2cc(N4c5ccccc5C5(c6ccccc64)C4CC6CC(C4)CC5C6)ccc2n3-c2cccc([Si](c3ccccc3)(c3ccccc3)c3ccccc3)c2)cc1. The zero-order valence-corrected chi connectivity index (χ0v) is 38.7. The maximum atomic E-state index is 2.62. The average Bonchev–Trinajstić information content (AvgIpc) is 3.72. The summed E-state index contributed by atoms with van der Waals surface area (Å²) in [7, 11) is -2.78. The fourth-order valence-electron chi connectivity index (χ4n) is 14.6. The molecule has 9 aromatic carbocycles. The number of rotatable bonds is 7. The van der Waals surface area contributed by atoms with Gasteiger partial charge in [0.25, 0.3) is 0 Å². The predicted octanol–water partition coefficient (Wildman–Crippen LogP) is 13.4. The van der Waals surface area contributed by atoms with Gasteiger partial charge >= 0.3 is 0 Å². The smallest absolute Gasteiger partial charge is 0.179 e. The van der Waals surface area contributed by atoms with E-state index in [1.165, 1.54) is 109 Å². The number of benzene rings is 9. The first-order valence-corrected chi connectivity index (χ1v) is 26.6. The lowest BCUT2D eigenvalue weighted by Gasteiger charge is -2.64. The van der Waals surface area contributed by atoms with Gasteiger partial charge in [0.05, 0.1) is 22.4 Å². The van der Waals surface area contributed by atoms with E-state index in [0.717, 1.165) is 11.8 Å². The normalized spacial score (nSPS) is 20.0. The van der Waals surface area contributed by atoms with Gasteiger partial charge in [-0.05, 0) is 153 Å². The monoisotopic (exact) mass is 876 g/mol. The minimum Gasteiger partial charge on any atom is -0.310 e. The Labute approximate surface area is 394 Å². The number of hydrogen-bond donors (Lipinski definition) is 0. The van der Waals surface area contributed by atoms with Crippen molar-refractivity contribution in [2.24, 2.45) is 23.7 Å². The van der Waals surface area contributed by atoms with E-state index in [1.807, 2.05) is 0 Å². The van der Waals surface area contributed by atoms with E-state index in [4.69, 9.17) is 0 Å². The Bertz CT molecular complexity index is 3310. The van der Waals surface area contributed by atoms with E-state index in [0.29, 0.717) is 11.8 Å². The van der Waals surface area contributed by atoms with Gasteiger partial charge < -0.3 is 9.47 Å². The van der Waals surface area contributed by atoms with Gasteiger partial charge in [-0.15, -0.1) is 0 Å². The van der Waals surface area contributed by atoms with Crippen molar-refractivity contribution in [3.8, 4) is 16.8 Å². The molecule has 322 valence electrons. The second kappa shape index (κ2) is 15.2. The predicted molar refractivity (Wildman–Crippen MR) is 282 cm³/mol. The maximum Gasteiger partial charge on any atom is 0.179 e. The van der Waals surface area contributed by atoms with E-state index in [9.17, 15) is 0 Å². The molecule has 4 bridgehead atoms. The Morgan fingerprint density at radius 1 is 0.358 bits per heavy atom. The molecule has 0 N–H and O–H groups in total. The molecule has 0 amide bonds. The van der Waals surface area contributed by atoms with Crippen molar-refractivity contribution in [1.29, 1.82) is 0 Å². The molecule has 10 aromatic rings. The van der Waals surface area contributed by atoms with Crippen LogP contribution in [0.2, 0.25) is 0 Å². The molecule has 0 saturated heterocycles. The fraction of sp³-hybridized carbons (Fsp3) is 0.156. The third-order valence-electron chi connectivity index (χ3n) is 16.9. The molecular formula is C64H52N2Si. The van der Waals surface area contributed by atoms with Crippen molar-refractivity contribution in [3.63, 3.8) is 0 Å². The van der Waals surface area contributed by atoms with E-state index < -0.39 is 8.07 Å². The zero-order valence-electron chi connectivity index (χ0n) is 37.7. The second-order valence-electron chi connectivity index (χ2n) is 20.1. The minimum atomic E-state index is -2.78. The molecule has 0 radical (unpaired) electrons. The Hall–Kier alpha value is -7.20. The van der Waals surface area contributed by atoms with Gasteiger partial charge in [0.1, 0.15) is 0 Å². The molecule has 4 saturated carbocycles. The van der Waals surface area contributed by atoms with Gasteiger partial charge in [0.2, 0.25) is 0 Å². The molecule has 4 aliphatic carbocycles. The van der Waals surface area contributed by atoms with Crippen LogP contribution in [0.25, 0.3) is 38.6 Å². The number of hydrogen-bond acceptors (Lipinski definition) is 1. The number of anilines is 3. The number of nitrogens with zero attached hydrogens (tertiary/aromatic N) is 2. The van der Waals surface area contributed by atoms with Crippen molar-refractivity contribution < 1.29 is 0 Å². The van der Waals surface area contributed by atoms with Crippen LogP contribution in [0.5, 0.6) is 0 Å². The van der Waals surface area contributed by atoms with Gasteiger partial charge in [-0.3, -0.25) is 0 Å². The molecule has 0 unspecified atom stereocenters. The number of fused-ring (bicyclic) bond motifs is 5. The summed E-state index contributed by atoms with van der Waals surface area (Å²) in [5.41, 5.74) is 13.2. The molecule has 1 spiro atoms. The summed E-state index contributed by atoms with van der Waals surface area (Å²) in [6, 6.07) is 87.7. The molecule has 2 nitrogen and oxygen atoms in total. The van der Waals surface area contributed by atoms with E-state index in [1.54, 1.807) is 11.1 Å². The maximum absolute atomic E-state index is 2.78. The summed E-state index contributed by atoms with van der Waals surface area (Å²) in [6.45, 7) is 0. The Morgan fingerprint density at radius 2 is 0.836 bits per heavy atom. The standard InChI is InChI=1S/C64H52N2Si/c1-5-18-46(19-6-1)47-32-34-60-56(41-47)57-43-51(66-62-30-15-13-28-58(62)64(59-29-14-16-31-63(59)66)48-37-44-36-45(39-48)40-49(64)38-44)33-35-61(57)65(60)50-20-17-27-55(42-50)67(52-21-7-2-8-22-52,53-23-9-3-10-24-53)54-25-11-4-12-26-54/h1-35,41-45,48-49H,36-40H2. The molecule has 2 heterocycles. The van der Waals surface area contributed by atoms with Crippen LogP contribution in [0, 0.1) is 23.7 Å². The van der Waals surface area contributed by atoms with Crippen LogP contribution in [0.3, 0.4) is 0 Å². The van der Waals surface area contributed by atoms with Gasteiger partial charge in [0, 0.05) is 27.6 Å². The fourth-order valence-corrected chi connectivity index (χ4v) is 19.4. The lowest BCUT2D eigenvalue weighted by Crippen LogP contribution is -2.74. The highest BCUT2D eigenvalue weighted by Gasteiger charge is 2.61. The van der Waals surface area contributed by atoms with Crippen molar-refractivity contribution in [2.75, 3.05) is 4.90 Å². The Morgan fingerprint density at radius 3 is 1.40 bits per heavy atom. The lowest BCUT2D eigenvalue weighted by atomic mass is 9.41. The van der Waals surface area contributed by atoms with Crippen LogP contribution in [-0.4, -0.2) is 12.6 Å². The molecule has 1 aromatic heterocycles. The molecule has 4 fully saturated rings. The van der Waals surface area contributed by atoms with Crippen LogP contribution in [0.1, 0.15) is 43.2 Å². The van der Waals surface area contributed by atoms with Gasteiger partial charge in [-0.2, -0.15) is 0 Å². The first-order chi connectivity index (χ1) is 33.2. The summed E-state index contributed by atoms with van der Waals surface area (Å²) >= 11 is 0. The molecule has 3 heteroatoms. The van der Waals surface area contributed by atoms with E-state index >= 15 is 0 Å². The van der Waals surface area contributed by atoms with Crippen LogP contribution in [0.15, 0.2) is 231 Å². The van der Waals surface area contributed by atoms with Gasteiger partial charge in [-0.25, -0.2) is 0 Å². The highest BCUT2D eigenvalue weighted by Crippen LogP contribution is 2.69. The summed E-state index contributed by atoms with van der Waals surface area (Å²) < 4.78 is 2.54. The van der Waals surface area contributed by atoms with Crippen LogP contribution < -0.4 is 25.6 Å². The molecular weight excluding hydrogens is 825 g/mol. The molecule has 0 atom stereocenters. The highest BCUT2D eigenvalue weighted by molar-refractivity contribution is 7.19. The summed E-state index contributed by atoms with van der Waals surface area (Å²) in [5, 5.41) is 8.02. The minimum absolute atomic E-state index is 0.0740. The zero-order chi connectivity index (χ0) is 44.1. The lowest BCUT2D eigenvalue weighted by molar-refractivity contribution is -0.0419. The Balaban J connectivity index is 0.996. The number of para-hydroxylation sites is 2. The third-order valence-corrected chi connectivity index (χ3v) is 21.7. The molecule has 15 rings (SSSR count).